The minimum absolute atomic E-state index is 0.786. The molecule has 2 heteroatoms. The molecule has 0 aromatic rings. The van der Waals surface area contributed by atoms with Gasteiger partial charge in [0.15, 0.2) is 0 Å². The van der Waals surface area contributed by atoms with Crippen molar-refractivity contribution in [2.24, 2.45) is 17.3 Å². The maximum absolute atomic E-state index is 3.58. The monoisotopic (exact) mass is 197 g/mol. The summed E-state index contributed by atoms with van der Waals surface area (Å²) < 4.78 is 0. The summed E-state index contributed by atoms with van der Waals surface area (Å²) in [7, 11) is 0. The molecule has 1 spiro atoms. The lowest BCUT2D eigenvalue weighted by Gasteiger charge is -2.25. The summed E-state index contributed by atoms with van der Waals surface area (Å²) in [6.07, 6.45) is 6.00. The van der Waals surface area contributed by atoms with E-state index in [0.29, 0.717) is 0 Å². The highest BCUT2D eigenvalue weighted by Crippen LogP contribution is 2.61. The summed E-state index contributed by atoms with van der Waals surface area (Å²) in [6.45, 7) is 2.60. The Bertz CT molecular complexity index is 192. The molecule has 0 bridgehead atoms. The van der Waals surface area contributed by atoms with Crippen LogP contribution >= 0.6 is 11.8 Å². The van der Waals surface area contributed by atoms with Gasteiger partial charge < -0.3 is 5.32 Å². The highest BCUT2D eigenvalue weighted by Gasteiger charge is 2.57. The third-order valence-electron chi connectivity index (χ3n) is 4.29. The summed E-state index contributed by atoms with van der Waals surface area (Å²) >= 11 is 2.18. The molecule has 3 rings (SSSR count). The van der Waals surface area contributed by atoms with E-state index in [-0.39, 0.29) is 0 Å². The molecule has 3 fully saturated rings. The van der Waals surface area contributed by atoms with Crippen molar-refractivity contribution in [2.45, 2.75) is 25.7 Å². The van der Waals surface area contributed by atoms with E-state index >= 15 is 0 Å². The van der Waals surface area contributed by atoms with Crippen molar-refractivity contribution in [3.05, 3.63) is 0 Å². The Balaban J connectivity index is 1.63. The second-order valence-electron chi connectivity index (χ2n) is 5.08. The zero-order valence-electron chi connectivity index (χ0n) is 8.22. The molecule has 1 aliphatic carbocycles. The van der Waals surface area contributed by atoms with E-state index in [9.17, 15) is 0 Å². The van der Waals surface area contributed by atoms with Crippen molar-refractivity contribution in [3.63, 3.8) is 0 Å². The van der Waals surface area contributed by atoms with Gasteiger partial charge in [0.05, 0.1) is 0 Å². The highest BCUT2D eigenvalue weighted by atomic mass is 32.2. The minimum atomic E-state index is 0.786. The average Bonchev–Trinajstić information content (AvgIpc) is 2.68. The summed E-state index contributed by atoms with van der Waals surface area (Å²) in [5.74, 6) is 5.09. The third kappa shape index (κ3) is 1.42. The van der Waals surface area contributed by atoms with Crippen LogP contribution < -0.4 is 5.32 Å². The molecule has 2 heterocycles. The fraction of sp³-hybridized carbons (Fsp3) is 1.00. The van der Waals surface area contributed by atoms with Gasteiger partial charge in [-0.1, -0.05) is 0 Å². The van der Waals surface area contributed by atoms with Crippen molar-refractivity contribution in [2.75, 3.05) is 24.6 Å². The molecule has 3 aliphatic rings. The number of rotatable bonds is 1. The summed E-state index contributed by atoms with van der Waals surface area (Å²) in [6, 6.07) is 0. The van der Waals surface area contributed by atoms with Gasteiger partial charge in [-0.3, -0.25) is 0 Å². The topological polar surface area (TPSA) is 12.0 Å². The van der Waals surface area contributed by atoms with Crippen molar-refractivity contribution in [1.82, 2.24) is 5.32 Å². The molecular formula is C11H19NS. The predicted molar refractivity (Wildman–Crippen MR) is 58.1 cm³/mol. The molecule has 2 aliphatic heterocycles. The SMILES string of the molecule is C1CNCC2(C1)CC2C1CCSC1. The normalized spacial score (nSPS) is 49.8. The molecule has 0 aromatic heterocycles. The Hall–Kier alpha value is 0.310. The highest BCUT2D eigenvalue weighted by molar-refractivity contribution is 7.99. The van der Waals surface area contributed by atoms with E-state index in [4.69, 9.17) is 0 Å². The first-order valence-corrected chi connectivity index (χ1v) is 6.85. The Kier molecular flexibility index (Phi) is 2.09. The van der Waals surface area contributed by atoms with E-state index in [1.54, 1.807) is 6.42 Å². The molecule has 1 saturated carbocycles. The third-order valence-corrected chi connectivity index (χ3v) is 5.48. The van der Waals surface area contributed by atoms with Crippen molar-refractivity contribution in [3.8, 4) is 0 Å². The molecule has 1 N–H and O–H groups in total. The summed E-state index contributed by atoms with van der Waals surface area (Å²) in [5.41, 5.74) is 0.786. The largest absolute Gasteiger partial charge is 0.316 e. The molecule has 74 valence electrons. The van der Waals surface area contributed by atoms with E-state index in [0.717, 1.165) is 17.3 Å². The smallest absolute Gasteiger partial charge is 0.00107 e. The van der Waals surface area contributed by atoms with Crippen LogP contribution in [-0.4, -0.2) is 24.6 Å². The van der Waals surface area contributed by atoms with Gasteiger partial charge in [0.2, 0.25) is 0 Å². The Labute approximate surface area is 85.0 Å². The number of hydrogen-bond acceptors (Lipinski definition) is 2. The lowest BCUT2D eigenvalue weighted by molar-refractivity contribution is 0.296. The van der Waals surface area contributed by atoms with Gasteiger partial charge in [0.1, 0.15) is 0 Å². The van der Waals surface area contributed by atoms with Crippen molar-refractivity contribution >= 4 is 11.8 Å². The first-order chi connectivity index (χ1) is 6.41. The van der Waals surface area contributed by atoms with E-state index in [1.807, 2.05) is 0 Å². The Morgan fingerprint density at radius 1 is 1.38 bits per heavy atom. The lowest BCUT2D eigenvalue weighted by Crippen LogP contribution is -2.33. The quantitative estimate of drug-likeness (QED) is 0.691. The average molecular weight is 197 g/mol. The van der Waals surface area contributed by atoms with Gasteiger partial charge in [-0.05, 0) is 61.0 Å². The van der Waals surface area contributed by atoms with Crippen LogP contribution in [0.5, 0.6) is 0 Å². The number of nitrogens with one attached hydrogen (secondary N) is 1. The van der Waals surface area contributed by atoms with Crippen molar-refractivity contribution in [1.29, 1.82) is 0 Å². The van der Waals surface area contributed by atoms with Gasteiger partial charge in [0, 0.05) is 6.54 Å². The second kappa shape index (κ2) is 3.16. The first kappa shape index (κ1) is 8.60. The standard InChI is InChI=1S/C11H19NS/c1-3-11(8-12-4-1)6-10(11)9-2-5-13-7-9/h9-10,12H,1-8H2. The van der Waals surface area contributed by atoms with Gasteiger partial charge in [-0.2, -0.15) is 11.8 Å². The summed E-state index contributed by atoms with van der Waals surface area (Å²) in [5, 5.41) is 3.58. The molecule has 13 heavy (non-hydrogen) atoms. The van der Waals surface area contributed by atoms with Crippen LogP contribution in [0.25, 0.3) is 0 Å². The first-order valence-electron chi connectivity index (χ1n) is 5.69. The van der Waals surface area contributed by atoms with Gasteiger partial charge in [-0.15, -0.1) is 0 Å². The minimum Gasteiger partial charge on any atom is -0.316 e. The molecule has 1 nitrogen and oxygen atoms in total. The second-order valence-corrected chi connectivity index (χ2v) is 6.23. The van der Waals surface area contributed by atoms with Crippen molar-refractivity contribution < 1.29 is 0 Å². The van der Waals surface area contributed by atoms with Crippen LogP contribution in [0.1, 0.15) is 25.7 Å². The zero-order valence-corrected chi connectivity index (χ0v) is 9.04. The van der Waals surface area contributed by atoms with Gasteiger partial charge >= 0.3 is 0 Å². The molecule has 2 saturated heterocycles. The molecular weight excluding hydrogens is 178 g/mol. The number of thioether (sulfide) groups is 1. The Morgan fingerprint density at radius 3 is 3.08 bits per heavy atom. The van der Waals surface area contributed by atoms with Crippen LogP contribution in [0.15, 0.2) is 0 Å². The fourth-order valence-electron chi connectivity index (χ4n) is 3.40. The predicted octanol–water partition coefficient (Wildman–Crippen LogP) is 2.13. The van der Waals surface area contributed by atoms with E-state index in [2.05, 4.69) is 17.1 Å². The fourth-order valence-corrected chi connectivity index (χ4v) is 4.74. The van der Waals surface area contributed by atoms with Gasteiger partial charge in [-0.25, -0.2) is 0 Å². The van der Waals surface area contributed by atoms with Crippen LogP contribution in [0, 0.1) is 17.3 Å². The van der Waals surface area contributed by atoms with Crippen LogP contribution in [0.3, 0.4) is 0 Å². The molecule has 0 amide bonds. The lowest BCUT2D eigenvalue weighted by atomic mass is 9.88. The van der Waals surface area contributed by atoms with Gasteiger partial charge in [0.25, 0.3) is 0 Å². The zero-order chi connectivity index (χ0) is 8.73. The van der Waals surface area contributed by atoms with Crippen LogP contribution in [-0.2, 0) is 0 Å². The molecule has 3 unspecified atom stereocenters. The Morgan fingerprint density at radius 2 is 2.38 bits per heavy atom. The number of piperidine rings is 1. The summed E-state index contributed by atoms with van der Waals surface area (Å²) in [4.78, 5) is 0. The van der Waals surface area contributed by atoms with Crippen LogP contribution in [0.4, 0.5) is 0 Å². The maximum atomic E-state index is 3.58. The van der Waals surface area contributed by atoms with Crippen LogP contribution in [0.2, 0.25) is 0 Å². The molecule has 3 atom stereocenters. The molecule has 0 aromatic carbocycles. The number of hydrogen-bond donors (Lipinski definition) is 1. The maximum Gasteiger partial charge on any atom is 0.00107 e. The van der Waals surface area contributed by atoms with E-state index in [1.165, 1.54) is 43.9 Å². The molecule has 0 radical (unpaired) electrons. The van der Waals surface area contributed by atoms with E-state index < -0.39 is 0 Å².